The average Bonchev–Trinajstić information content (AvgIpc) is 2.97. The van der Waals surface area contributed by atoms with Gasteiger partial charge in [-0.1, -0.05) is 32.0 Å². The maximum Gasteiger partial charge on any atom is 0.271 e. The number of benzene rings is 1. The SMILES string of the molecule is CC(C)C(O)CCNC(=O)c1ccn(-c2ccccc2)n1. The Balaban J connectivity index is 1.91. The third kappa shape index (κ3) is 4.16. The molecule has 1 heterocycles. The van der Waals surface area contributed by atoms with Gasteiger partial charge in [-0.3, -0.25) is 4.79 Å². The third-order valence-corrected chi connectivity index (χ3v) is 3.34. The van der Waals surface area contributed by atoms with Crippen LogP contribution in [0.2, 0.25) is 0 Å². The van der Waals surface area contributed by atoms with Crippen molar-refractivity contribution in [2.24, 2.45) is 5.92 Å². The molecule has 21 heavy (non-hydrogen) atoms. The van der Waals surface area contributed by atoms with Crippen molar-refractivity contribution in [2.45, 2.75) is 26.4 Å². The Morgan fingerprint density at radius 1 is 1.29 bits per heavy atom. The molecule has 0 spiro atoms. The zero-order valence-corrected chi connectivity index (χ0v) is 12.4. The predicted octanol–water partition coefficient (Wildman–Crippen LogP) is 2.01. The first-order valence-electron chi connectivity index (χ1n) is 7.15. The lowest BCUT2D eigenvalue weighted by Gasteiger charge is -2.14. The minimum absolute atomic E-state index is 0.194. The predicted molar refractivity (Wildman–Crippen MR) is 81.4 cm³/mol. The highest BCUT2D eigenvalue weighted by molar-refractivity contribution is 5.92. The summed E-state index contributed by atoms with van der Waals surface area (Å²) in [4.78, 5) is 12.0. The van der Waals surface area contributed by atoms with Crippen LogP contribution in [-0.4, -0.2) is 33.4 Å². The molecule has 2 aromatic rings. The van der Waals surface area contributed by atoms with Crippen molar-refractivity contribution in [3.8, 4) is 5.69 Å². The fraction of sp³-hybridized carbons (Fsp3) is 0.375. The Bertz CT molecular complexity index is 578. The van der Waals surface area contributed by atoms with Gasteiger partial charge in [-0.05, 0) is 30.5 Å². The number of para-hydroxylation sites is 1. The summed E-state index contributed by atoms with van der Waals surface area (Å²) >= 11 is 0. The van der Waals surface area contributed by atoms with Crippen molar-refractivity contribution in [1.82, 2.24) is 15.1 Å². The molecule has 0 fully saturated rings. The summed E-state index contributed by atoms with van der Waals surface area (Å²) in [6.45, 7) is 4.35. The maximum atomic E-state index is 12.0. The lowest BCUT2D eigenvalue weighted by atomic mass is 10.0. The Hall–Kier alpha value is -2.14. The maximum absolute atomic E-state index is 12.0. The number of carbonyl (C=O) groups is 1. The van der Waals surface area contributed by atoms with E-state index in [-0.39, 0.29) is 11.8 Å². The van der Waals surface area contributed by atoms with E-state index in [1.807, 2.05) is 44.2 Å². The van der Waals surface area contributed by atoms with Gasteiger partial charge in [0.1, 0.15) is 0 Å². The van der Waals surface area contributed by atoms with Crippen molar-refractivity contribution >= 4 is 5.91 Å². The van der Waals surface area contributed by atoms with Crippen LogP contribution in [0.4, 0.5) is 0 Å². The summed E-state index contributed by atoms with van der Waals surface area (Å²) in [6.07, 6.45) is 1.91. The van der Waals surface area contributed by atoms with E-state index in [0.29, 0.717) is 18.7 Å². The average molecular weight is 287 g/mol. The van der Waals surface area contributed by atoms with Gasteiger partial charge in [0.15, 0.2) is 5.69 Å². The van der Waals surface area contributed by atoms with Gasteiger partial charge < -0.3 is 10.4 Å². The van der Waals surface area contributed by atoms with Crippen LogP contribution in [0.1, 0.15) is 30.8 Å². The lowest BCUT2D eigenvalue weighted by Crippen LogP contribution is -2.29. The van der Waals surface area contributed by atoms with Gasteiger partial charge in [0.05, 0.1) is 11.8 Å². The van der Waals surface area contributed by atoms with E-state index >= 15 is 0 Å². The molecular weight excluding hydrogens is 266 g/mol. The second-order valence-corrected chi connectivity index (χ2v) is 5.34. The van der Waals surface area contributed by atoms with Crippen molar-refractivity contribution < 1.29 is 9.90 Å². The summed E-state index contributed by atoms with van der Waals surface area (Å²) in [5.41, 5.74) is 1.28. The van der Waals surface area contributed by atoms with Crippen LogP contribution >= 0.6 is 0 Å². The van der Waals surface area contributed by atoms with Crippen LogP contribution in [-0.2, 0) is 0 Å². The Morgan fingerprint density at radius 2 is 2.00 bits per heavy atom. The van der Waals surface area contributed by atoms with Gasteiger partial charge in [-0.25, -0.2) is 4.68 Å². The number of amides is 1. The summed E-state index contributed by atoms with van der Waals surface area (Å²) in [5.74, 6) is -0.0279. The highest BCUT2D eigenvalue weighted by Gasteiger charge is 2.12. The van der Waals surface area contributed by atoms with E-state index in [1.54, 1.807) is 16.9 Å². The van der Waals surface area contributed by atoms with Crippen molar-refractivity contribution in [3.05, 3.63) is 48.3 Å². The molecule has 5 heteroatoms. The molecule has 5 nitrogen and oxygen atoms in total. The van der Waals surface area contributed by atoms with E-state index < -0.39 is 6.10 Å². The van der Waals surface area contributed by atoms with Crippen LogP contribution < -0.4 is 5.32 Å². The molecule has 0 bridgehead atoms. The van der Waals surface area contributed by atoms with Crippen LogP contribution in [0.3, 0.4) is 0 Å². The summed E-state index contributed by atoms with van der Waals surface area (Å²) in [6, 6.07) is 11.3. The molecule has 1 amide bonds. The van der Waals surface area contributed by atoms with E-state index in [2.05, 4.69) is 10.4 Å². The Morgan fingerprint density at radius 3 is 2.67 bits per heavy atom. The number of rotatable bonds is 6. The number of hydrogen-bond donors (Lipinski definition) is 2. The van der Waals surface area contributed by atoms with Crippen LogP contribution in [0.5, 0.6) is 0 Å². The van der Waals surface area contributed by atoms with Crippen molar-refractivity contribution in [1.29, 1.82) is 0 Å². The fourth-order valence-corrected chi connectivity index (χ4v) is 1.93. The highest BCUT2D eigenvalue weighted by Crippen LogP contribution is 2.07. The van der Waals surface area contributed by atoms with Gasteiger partial charge in [0.25, 0.3) is 5.91 Å². The molecule has 0 aliphatic rings. The quantitative estimate of drug-likeness (QED) is 0.854. The standard InChI is InChI=1S/C16H21N3O2/c1-12(2)15(20)8-10-17-16(21)14-9-11-19(18-14)13-6-4-3-5-7-13/h3-7,9,11-12,15,20H,8,10H2,1-2H3,(H,17,21). The van der Waals surface area contributed by atoms with Crippen LogP contribution in [0.15, 0.2) is 42.6 Å². The second-order valence-electron chi connectivity index (χ2n) is 5.34. The Kier molecular flexibility index (Phi) is 5.11. The summed E-state index contributed by atoms with van der Waals surface area (Å²) in [5, 5.41) is 16.7. The molecule has 1 aromatic heterocycles. The third-order valence-electron chi connectivity index (χ3n) is 3.34. The molecule has 2 N–H and O–H groups in total. The van der Waals surface area contributed by atoms with Crippen molar-refractivity contribution in [3.63, 3.8) is 0 Å². The van der Waals surface area contributed by atoms with Gasteiger partial charge in [0, 0.05) is 12.7 Å². The number of hydrogen-bond acceptors (Lipinski definition) is 3. The molecule has 0 radical (unpaired) electrons. The molecule has 2 rings (SSSR count). The molecule has 1 unspecified atom stereocenters. The minimum atomic E-state index is -0.396. The summed E-state index contributed by atoms with van der Waals surface area (Å²) < 4.78 is 1.66. The summed E-state index contributed by atoms with van der Waals surface area (Å²) in [7, 11) is 0. The molecular formula is C16H21N3O2. The van der Waals surface area contributed by atoms with Gasteiger partial charge >= 0.3 is 0 Å². The second kappa shape index (κ2) is 7.04. The topological polar surface area (TPSA) is 67.2 Å². The molecule has 0 saturated carbocycles. The van der Waals surface area contributed by atoms with Crippen LogP contribution in [0, 0.1) is 5.92 Å². The van der Waals surface area contributed by atoms with Gasteiger partial charge in [-0.2, -0.15) is 5.10 Å². The van der Waals surface area contributed by atoms with Gasteiger partial charge in [-0.15, -0.1) is 0 Å². The molecule has 1 aromatic carbocycles. The van der Waals surface area contributed by atoms with Crippen LogP contribution in [0.25, 0.3) is 5.69 Å². The van der Waals surface area contributed by atoms with E-state index in [4.69, 9.17) is 0 Å². The molecule has 0 aliphatic carbocycles. The number of aliphatic hydroxyl groups excluding tert-OH is 1. The molecule has 1 atom stereocenters. The van der Waals surface area contributed by atoms with E-state index in [9.17, 15) is 9.90 Å². The minimum Gasteiger partial charge on any atom is -0.393 e. The van der Waals surface area contributed by atoms with Crippen molar-refractivity contribution in [2.75, 3.05) is 6.54 Å². The lowest BCUT2D eigenvalue weighted by molar-refractivity contribution is 0.0915. The first kappa shape index (κ1) is 15.3. The first-order valence-corrected chi connectivity index (χ1v) is 7.15. The fourth-order valence-electron chi connectivity index (χ4n) is 1.93. The number of aromatic nitrogens is 2. The molecule has 0 saturated heterocycles. The Labute approximate surface area is 124 Å². The number of nitrogens with zero attached hydrogens (tertiary/aromatic N) is 2. The highest BCUT2D eigenvalue weighted by atomic mass is 16.3. The number of aliphatic hydroxyl groups is 1. The molecule has 0 aliphatic heterocycles. The zero-order chi connectivity index (χ0) is 15.2. The first-order chi connectivity index (χ1) is 10.1. The number of nitrogens with one attached hydrogen (secondary N) is 1. The van der Waals surface area contributed by atoms with Gasteiger partial charge in [0.2, 0.25) is 0 Å². The normalized spacial score (nSPS) is 12.4. The van der Waals surface area contributed by atoms with E-state index in [0.717, 1.165) is 5.69 Å². The monoisotopic (exact) mass is 287 g/mol. The zero-order valence-electron chi connectivity index (χ0n) is 12.4. The molecule has 112 valence electrons. The number of carbonyl (C=O) groups excluding carboxylic acids is 1. The van der Waals surface area contributed by atoms with E-state index in [1.165, 1.54) is 0 Å². The smallest absolute Gasteiger partial charge is 0.271 e. The largest absolute Gasteiger partial charge is 0.393 e.